The van der Waals surface area contributed by atoms with E-state index < -0.39 is 0 Å². The molecule has 2 saturated heterocycles. The van der Waals surface area contributed by atoms with Crippen molar-refractivity contribution in [1.82, 2.24) is 10.6 Å². The highest BCUT2D eigenvalue weighted by molar-refractivity contribution is 6.31. The van der Waals surface area contributed by atoms with Gasteiger partial charge in [-0.1, -0.05) is 23.7 Å². The van der Waals surface area contributed by atoms with Gasteiger partial charge < -0.3 is 10.6 Å². The summed E-state index contributed by atoms with van der Waals surface area (Å²) in [5.41, 5.74) is 2.43. The molecule has 23 heavy (non-hydrogen) atoms. The predicted molar refractivity (Wildman–Crippen MR) is 95.2 cm³/mol. The number of rotatable bonds is 3. The number of hydrogen-bond acceptors (Lipinski definition) is 2. The van der Waals surface area contributed by atoms with Crippen molar-refractivity contribution in [2.45, 2.75) is 63.1 Å². The maximum Gasteiger partial charge on any atom is 0.220 e. The second-order valence-electron chi connectivity index (χ2n) is 7.15. The van der Waals surface area contributed by atoms with Gasteiger partial charge in [-0.05, 0) is 61.6 Å². The van der Waals surface area contributed by atoms with Gasteiger partial charge in [0.1, 0.15) is 0 Å². The number of carbonyl (C=O) groups excluding carboxylic acids is 1. The first-order chi connectivity index (χ1) is 10.7. The van der Waals surface area contributed by atoms with E-state index in [9.17, 15) is 4.79 Å². The van der Waals surface area contributed by atoms with Crippen LogP contribution in [0.5, 0.6) is 0 Å². The summed E-state index contributed by atoms with van der Waals surface area (Å²) >= 11 is 6.25. The molecule has 1 amide bonds. The fourth-order valence-corrected chi connectivity index (χ4v) is 4.89. The molecule has 2 N–H and O–H groups in total. The summed E-state index contributed by atoms with van der Waals surface area (Å²) in [5.74, 6) is 0.767. The average molecular weight is 355 g/mol. The lowest BCUT2D eigenvalue weighted by Gasteiger charge is -2.29. The smallest absolute Gasteiger partial charge is 0.220 e. The molecule has 3 nitrogen and oxygen atoms in total. The third kappa shape index (κ3) is 3.52. The van der Waals surface area contributed by atoms with E-state index in [-0.39, 0.29) is 24.4 Å². The van der Waals surface area contributed by atoms with Crippen LogP contribution in [0.15, 0.2) is 18.2 Å². The minimum Gasteiger partial charge on any atom is -0.349 e. The molecule has 1 aliphatic carbocycles. The number of halogens is 2. The molecule has 3 aliphatic rings. The second kappa shape index (κ2) is 7.00. The Kier molecular flexibility index (Phi) is 5.19. The Morgan fingerprint density at radius 2 is 1.96 bits per heavy atom. The Hall–Kier alpha value is -0.770. The highest BCUT2D eigenvalue weighted by atomic mass is 35.5. The maximum atomic E-state index is 12.4. The average Bonchev–Trinajstić information content (AvgIpc) is 3.04. The van der Waals surface area contributed by atoms with Crippen molar-refractivity contribution in [3.8, 4) is 0 Å². The lowest BCUT2D eigenvalue weighted by atomic mass is 9.89. The molecule has 1 aromatic rings. The van der Waals surface area contributed by atoms with E-state index in [0.717, 1.165) is 30.7 Å². The Labute approximate surface area is 149 Å². The van der Waals surface area contributed by atoms with Crippen LogP contribution in [0.3, 0.4) is 0 Å². The van der Waals surface area contributed by atoms with Crippen molar-refractivity contribution in [3.63, 3.8) is 0 Å². The van der Waals surface area contributed by atoms with Crippen molar-refractivity contribution in [2.24, 2.45) is 5.92 Å². The van der Waals surface area contributed by atoms with Gasteiger partial charge in [0.25, 0.3) is 0 Å². The molecular weight excluding hydrogens is 331 g/mol. The van der Waals surface area contributed by atoms with Crippen molar-refractivity contribution in [1.29, 1.82) is 0 Å². The van der Waals surface area contributed by atoms with E-state index >= 15 is 0 Å². The largest absolute Gasteiger partial charge is 0.349 e. The number of benzene rings is 1. The molecule has 3 atom stereocenters. The zero-order valence-electron chi connectivity index (χ0n) is 13.2. The lowest BCUT2D eigenvalue weighted by molar-refractivity contribution is -0.123. The van der Waals surface area contributed by atoms with Gasteiger partial charge in [-0.3, -0.25) is 4.79 Å². The number of piperidine rings is 1. The molecule has 0 spiro atoms. The number of amides is 1. The summed E-state index contributed by atoms with van der Waals surface area (Å²) in [6, 6.07) is 7.49. The van der Waals surface area contributed by atoms with Crippen LogP contribution in [0.25, 0.3) is 0 Å². The Bertz CT molecular complexity index is 580. The van der Waals surface area contributed by atoms with Crippen LogP contribution >= 0.6 is 24.0 Å². The first-order valence-corrected chi connectivity index (χ1v) is 8.89. The molecule has 4 rings (SSSR count). The zero-order valence-corrected chi connectivity index (χ0v) is 14.8. The molecule has 2 aliphatic heterocycles. The molecule has 5 heteroatoms. The molecule has 0 radical (unpaired) electrons. The van der Waals surface area contributed by atoms with Gasteiger partial charge in [-0.15, -0.1) is 12.4 Å². The predicted octanol–water partition coefficient (Wildman–Crippen LogP) is 3.79. The standard InChI is InChI=1S/C18H23ClN2O.ClH/c19-16-3-1-2-15-14(16)6-7-17(15)21-18(22)10-11-8-12-4-5-13(9-11)20-12;/h1-3,11-13,17,20H,4-10H2,(H,21,22);1H. The molecule has 1 aromatic carbocycles. The minimum absolute atomic E-state index is 0. The van der Waals surface area contributed by atoms with Gasteiger partial charge in [-0.2, -0.15) is 0 Å². The molecule has 126 valence electrons. The van der Waals surface area contributed by atoms with Gasteiger partial charge in [0.2, 0.25) is 5.91 Å². The first-order valence-electron chi connectivity index (χ1n) is 8.51. The SMILES string of the molecule is Cl.O=C(CC1CC2CCC(C1)N2)NC1CCc2c(Cl)cccc21. The summed E-state index contributed by atoms with van der Waals surface area (Å²) in [6.45, 7) is 0. The van der Waals surface area contributed by atoms with Crippen LogP contribution in [0.4, 0.5) is 0 Å². The maximum absolute atomic E-state index is 12.4. The summed E-state index contributed by atoms with van der Waals surface area (Å²) in [7, 11) is 0. The Morgan fingerprint density at radius 1 is 1.22 bits per heavy atom. The van der Waals surface area contributed by atoms with Crippen LogP contribution in [-0.4, -0.2) is 18.0 Å². The topological polar surface area (TPSA) is 41.1 Å². The minimum atomic E-state index is 0. The molecule has 2 fully saturated rings. The van der Waals surface area contributed by atoms with Crippen molar-refractivity contribution in [3.05, 3.63) is 34.3 Å². The normalized spacial score (nSPS) is 31.3. The zero-order chi connectivity index (χ0) is 15.1. The number of fused-ring (bicyclic) bond motifs is 3. The molecule has 2 heterocycles. The summed E-state index contributed by atoms with van der Waals surface area (Å²) < 4.78 is 0. The van der Waals surface area contributed by atoms with E-state index in [1.165, 1.54) is 24.0 Å². The van der Waals surface area contributed by atoms with Crippen molar-refractivity contribution >= 4 is 29.9 Å². The first kappa shape index (κ1) is 17.1. The van der Waals surface area contributed by atoms with Crippen molar-refractivity contribution in [2.75, 3.05) is 0 Å². The Morgan fingerprint density at radius 3 is 2.70 bits per heavy atom. The number of carbonyl (C=O) groups is 1. The summed E-state index contributed by atoms with van der Waals surface area (Å²) in [5, 5.41) is 7.72. The highest BCUT2D eigenvalue weighted by Gasteiger charge is 2.34. The van der Waals surface area contributed by atoms with Crippen LogP contribution in [0.1, 0.15) is 55.7 Å². The third-order valence-corrected chi connectivity index (χ3v) is 5.95. The molecule has 2 bridgehead atoms. The third-order valence-electron chi connectivity index (χ3n) is 5.59. The quantitative estimate of drug-likeness (QED) is 0.866. The van der Waals surface area contributed by atoms with Crippen LogP contribution < -0.4 is 10.6 Å². The summed E-state index contributed by atoms with van der Waals surface area (Å²) in [4.78, 5) is 12.4. The molecule has 0 saturated carbocycles. The molecular formula is C18H24Cl2N2O. The number of hydrogen-bond donors (Lipinski definition) is 2. The second-order valence-corrected chi connectivity index (χ2v) is 7.55. The summed E-state index contributed by atoms with van der Waals surface area (Å²) in [6.07, 6.45) is 7.53. The lowest BCUT2D eigenvalue weighted by Crippen LogP contribution is -2.40. The van der Waals surface area contributed by atoms with E-state index in [0.29, 0.717) is 24.4 Å². The van der Waals surface area contributed by atoms with E-state index in [1.54, 1.807) is 0 Å². The monoisotopic (exact) mass is 354 g/mol. The van der Waals surface area contributed by atoms with Gasteiger partial charge in [0.15, 0.2) is 0 Å². The fraction of sp³-hybridized carbons (Fsp3) is 0.611. The fourth-order valence-electron chi connectivity index (χ4n) is 4.62. The Balaban J connectivity index is 0.00000156. The van der Waals surface area contributed by atoms with Gasteiger partial charge in [-0.25, -0.2) is 0 Å². The van der Waals surface area contributed by atoms with E-state index in [4.69, 9.17) is 11.6 Å². The molecule has 3 unspecified atom stereocenters. The van der Waals surface area contributed by atoms with Gasteiger partial charge >= 0.3 is 0 Å². The van der Waals surface area contributed by atoms with E-state index in [1.807, 2.05) is 12.1 Å². The highest BCUT2D eigenvalue weighted by Crippen LogP contribution is 2.36. The van der Waals surface area contributed by atoms with Crippen molar-refractivity contribution < 1.29 is 4.79 Å². The van der Waals surface area contributed by atoms with Crippen LogP contribution in [-0.2, 0) is 11.2 Å². The molecule has 0 aromatic heterocycles. The van der Waals surface area contributed by atoms with Gasteiger partial charge in [0.05, 0.1) is 6.04 Å². The number of nitrogens with one attached hydrogen (secondary N) is 2. The van der Waals surface area contributed by atoms with Crippen LogP contribution in [0.2, 0.25) is 5.02 Å². The van der Waals surface area contributed by atoms with E-state index in [2.05, 4.69) is 16.7 Å². The van der Waals surface area contributed by atoms with Gasteiger partial charge in [0, 0.05) is 23.5 Å². The van der Waals surface area contributed by atoms with Crippen LogP contribution in [0, 0.1) is 5.92 Å².